The Bertz CT molecular complexity index is 1110. The lowest BCUT2D eigenvalue weighted by Gasteiger charge is -2.20. The van der Waals surface area contributed by atoms with Crippen molar-refractivity contribution in [2.75, 3.05) is 6.54 Å². The fraction of sp³-hybridized carbons (Fsp3) is 0.522. The van der Waals surface area contributed by atoms with E-state index in [0.29, 0.717) is 13.0 Å². The normalized spacial score (nSPS) is 24.3. The van der Waals surface area contributed by atoms with Crippen LogP contribution in [0, 0.1) is 24.7 Å². The molecule has 1 aromatic carbocycles. The lowest BCUT2D eigenvalue weighted by atomic mass is 10.0. The van der Waals surface area contributed by atoms with Crippen LogP contribution in [0.25, 0.3) is 22.0 Å². The van der Waals surface area contributed by atoms with Crippen molar-refractivity contribution in [3.8, 4) is 16.9 Å². The number of nitrogens with zero attached hydrogens (tertiary/aromatic N) is 4. The number of carbonyl (C=O) groups is 1. The van der Waals surface area contributed by atoms with Gasteiger partial charge >= 0.3 is 0 Å². The van der Waals surface area contributed by atoms with Gasteiger partial charge in [-0.15, -0.1) is 0 Å². The number of hydrogen-bond acceptors (Lipinski definition) is 4. The quantitative estimate of drug-likeness (QED) is 0.680. The Morgan fingerprint density at radius 2 is 2.13 bits per heavy atom. The predicted octanol–water partition coefficient (Wildman–Crippen LogP) is 3.30. The molecule has 3 heterocycles. The van der Waals surface area contributed by atoms with Crippen LogP contribution in [0.5, 0.6) is 5.75 Å². The molecule has 1 saturated heterocycles. The maximum absolute atomic E-state index is 11.6. The van der Waals surface area contributed by atoms with Crippen LogP contribution >= 0.6 is 0 Å². The molecule has 1 N–H and O–H groups in total. The van der Waals surface area contributed by atoms with Crippen LogP contribution in [-0.4, -0.2) is 38.1 Å². The van der Waals surface area contributed by atoms with E-state index in [1.165, 1.54) is 6.42 Å². The number of aromatic nitrogens is 4. The number of fused-ring (bicyclic) bond motifs is 1. The van der Waals surface area contributed by atoms with Gasteiger partial charge in [0.2, 0.25) is 5.91 Å². The van der Waals surface area contributed by atoms with E-state index in [0.717, 1.165) is 51.9 Å². The Labute approximate surface area is 176 Å². The van der Waals surface area contributed by atoms with Gasteiger partial charge in [0.1, 0.15) is 11.9 Å². The fourth-order valence-corrected chi connectivity index (χ4v) is 4.46. The van der Waals surface area contributed by atoms with Crippen molar-refractivity contribution >= 4 is 16.8 Å². The third kappa shape index (κ3) is 3.46. The van der Waals surface area contributed by atoms with E-state index in [4.69, 9.17) is 9.84 Å². The molecule has 0 bridgehead atoms. The second-order valence-corrected chi connectivity index (χ2v) is 9.09. The van der Waals surface area contributed by atoms with E-state index >= 15 is 0 Å². The third-order valence-corrected chi connectivity index (χ3v) is 6.84. The monoisotopic (exact) mass is 407 g/mol. The van der Waals surface area contributed by atoms with E-state index in [1.807, 2.05) is 24.9 Å². The smallest absolute Gasteiger partial charge is 0.220 e. The van der Waals surface area contributed by atoms with E-state index in [9.17, 15) is 4.79 Å². The zero-order chi connectivity index (χ0) is 21.0. The maximum atomic E-state index is 11.6. The topological polar surface area (TPSA) is 74.0 Å². The highest BCUT2D eigenvalue weighted by atomic mass is 16.5. The standard InChI is InChI=1S/C23H29N5O2/c1-13-5-18(13)11-28-12-19(10-25-28)16-6-20-23(14(2)27(4)26-20)21(7-16)30-15(3)17-8-22(29)24-9-17/h6-7,10,12-13,15,17-18H,5,8-9,11H2,1-4H3,(H,24,29)/t13?,15-,17-,18?/m1/s1. The summed E-state index contributed by atoms with van der Waals surface area (Å²) in [5, 5.41) is 13.2. The van der Waals surface area contributed by atoms with Crippen molar-refractivity contribution in [3.05, 3.63) is 30.2 Å². The van der Waals surface area contributed by atoms with E-state index in [2.05, 4.69) is 47.3 Å². The van der Waals surface area contributed by atoms with Crippen LogP contribution in [0.4, 0.5) is 0 Å². The first-order chi connectivity index (χ1) is 14.4. The van der Waals surface area contributed by atoms with Crippen LogP contribution < -0.4 is 10.1 Å². The Hall–Kier alpha value is -2.83. The second kappa shape index (κ2) is 7.15. The van der Waals surface area contributed by atoms with E-state index in [-0.39, 0.29) is 17.9 Å². The number of nitrogens with one attached hydrogen (secondary N) is 1. The summed E-state index contributed by atoms with van der Waals surface area (Å²) in [5.41, 5.74) is 4.11. The summed E-state index contributed by atoms with van der Waals surface area (Å²) in [5.74, 6) is 2.66. The van der Waals surface area contributed by atoms with Crippen molar-refractivity contribution in [2.45, 2.75) is 46.3 Å². The molecule has 2 aliphatic rings. The summed E-state index contributed by atoms with van der Waals surface area (Å²) in [6.45, 7) is 8.05. The van der Waals surface area contributed by atoms with Crippen LogP contribution in [0.2, 0.25) is 0 Å². The van der Waals surface area contributed by atoms with Crippen LogP contribution in [0.1, 0.15) is 32.4 Å². The summed E-state index contributed by atoms with van der Waals surface area (Å²) in [6.07, 6.45) is 5.79. The molecule has 2 fully saturated rings. The van der Waals surface area contributed by atoms with Crippen LogP contribution in [0.3, 0.4) is 0 Å². The zero-order valence-corrected chi connectivity index (χ0v) is 18.1. The van der Waals surface area contributed by atoms with Gasteiger partial charge < -0.3 is 10.1 Å². The molecule has 158 valence electrons. The highest BCUT2D eigenvalue weighted by molar-refractivity contribution is 5.92. The SMILES string of the molecule is Cc1c2c(O[C@H](C)[C@H]3CNC(=O)C3)cc(-c3cnn(CC4CC4C)c3)cc2nn1C. The summed E-state index contributed by atoms with van der Waals surface area (Å²) in [6, 6.07) is 4.21. The minimum absolute atomic E-state index is 0.0684. The van der Waals surface area contributed by atoms with Gasteiger partial charge in [0.15, 0.2) is 0 Å². The molecule has 30 heavy (non-hydrogen) atoms. The average Bonchev–Trinajstić information content (AvgIpc) is 3.09. The zero-order valence-electron chi connectivity index (χ0n) is 18.1. The van der Waals surface area contributed by atoms with Gasteiger partial charge in [-0.1, -0.05) is 6.92 Å². The largest absolute Gasteiger partial charge is 0.490 e. The number of carbonyl (C=O) groups excluding carboxylic acids is 1. The summed E-state index contributed by atoms with van der Waals surface area (Å²) in [7, 11) is 1.95. The third-order valence-electron chi connectivity index (χ3n) is 6.84. The van der Waals surface area contributed by atoms with Gasteiger partial charge in [-0.2, -0.15) is 10.2 Å². The van der Waals surface area contributed by atoms with Gasteiger partial charge in [-0.3, -0.25) is 14.2 Å². The number of hydrogen-bond donors (Lipinski definition) is 1. The average molecular weight is 408 g/mol. The van der Waals surface area contributed by atoms with Gasteiger partial charge in [-0.25, -0.2) is 0 Å². The molecule has 7 heteroatoms. The second-order valence-electron chi connectivity index (χ2n) is 9.09. The first-order valence-electron chi connectivity index (χ1n) is 10.8. The summed E-state index contributed by atoms with van der Waals surface area (Å²) >= 11 is 0. The highest BCUT2D eigenvalue weighted by Gasteiger charge is 2.33. The minimum Gasteiger partial charge on any atom is -0.490 e. The van der Waals surface area contributed by atoms with E-state index in [1.54, 1.807) is 0 Å². The Balaban J connectivity index is 1.48. The molecule has 4 atom stereocenters. The van der Waals surface area contributed by atoms with Crippen LogP contribution in [0.15, 0.2) is 24.5 Å². The minimum atomic E-state index is -0.0684. The number of amides is 1. The van der Waals surface area contributed by atoms with Crippen molar-refractivity contribution in [2.24, 2.45) is 24.8 Å². The Morgan fingerprint density at radius 1 is 1.33 bits per heavy atom. The molecule has 7 nitrogen and oxygen atoms in total. The molecular weight excluding hydrogens is 378 g/mol. The number of benzene rings is 1. The Kier molecular flexibility index (Phi) is 4.56. The van der Waals surface area contributed by atoms with Crippen molar-refractivity contribution < 1.29 is 9.53 Å². The highest BCUT2D eigenvalue weighted by Crippen LogP contribution is 2.39. The molecule has 3 aromatic rings. The Morgan fingerprint density at radius 3 is 2.83 bits per heavy atom. The number of ether oxygens (including phenoxy) is 1. The summed E-state index contributed by atoms with van der Waals surface area (Å²) < 4.78 is 10.4. The molecule has 1 aliphatic heterocycles. The van der Waals surface area contributed by atoms with Gasteiger partial charge in [0.25, 0.3) is 0 Å². The molecule has 1 aliphatic carbocycles. The summed E-state index contributed by atoms with van der Waals surface area (Å²) in [4.78, 5) is 11.6. The fourth-order valence-electron chi connectivity index (χ4n) is 4.46. The molecule has 1 amide bonds. The molecule has 1 saturated carbocycles. The first-order valence-corrected chi connectivity index (χ1v) is 10.8. The van der Waals surface area contributed by atoms with Crippen molar-refractivity contribution in [1.29, 1.82) is 0 Å². The lowest BCUT2D eigenvalue weighted by molar-refractivity contribution is -0.119. The van der Waals surface area contributed by atoms with Gasteiger partial charge in [-0.05, 0) is 49.8 Å². The number of rotatable bonds is 6. The van der Waals surface area contributed by atoms with Crippen molar-refractivity contribution in [1.82, 2.24) is 24.9 Å². The van der Waals surface area contributed by atoms with Gasteiger partial charge in [0, 0.05) is 49.9 Å². The first kappa shape index (κ1) is 19.2. The predicted molar refractivity (Wildman–Crippen MR) is 115 cm³/mol. The van der Waals surface area contributed by atoms with Crippen molar-refractivity contribution in [3.63, 3.8) is 0 Å². The van der Waals surface area contributed by atoms with E-state index < -0.39 is 0 Å². The van der Waals surface area contributed by atoms with Gasteiger partial charge in [0.05, 0.1) is 17.1 Å². The molecule has 5 rings (SSSR count). The molecule has 0 spiro atoms. The maximum Gasteiger partial charge on any atom is 0.220 e. The molecule has 2 aromatic heterocycles. The number of aryl methyl sites for hydroxylation is 2. The molecule has 0 radical (unpaired) electrons. The van der Waals surface area contributed by atoms with Crippen LogP contribution in [-0.2, 0) is 18.4 Å². The molecular formula is C23H29N5O2. The lowest BCUT2D eigenvalue weighted by Crippen LogP contribution is -2.25. The molecule has 2 unspecified atom stereocenters.